The third-order valence-electron chi connectivity index (χ3n) is 4.21. The van der Waals surface area contributed by atoms with Gasteiger partial charge in [0.1, 0.15) is 0 Å². The first-order valence-corrected chi connectivity index (χ1v) is 9.14. The molecule has 0 radical (unpaired) electrons. The number of nitrogens with zero attached hydrogens (tertiary/aromatic N) is 1. The number of hydrogen-bond donors (Lipinski definition) is 2. The quantitative estimate of drug-likeness (QED) is 0.498. The van der Waals surface area contributed by atoms with Crippen LogP contribution in [0.3, 0.4) is 0 Å². The number of carbonyl (C=O) groups is 1. The van der Waals surface area contributed by atoms with Crippen molar-refractivity contribution in [2.75, 3.05) is 10.6 Å². The minimum Gasteiger partial charge on any atom is -0.352 e. The Kier molecular flexibility index (Phi) is 4.37. The van der Waals surface area contributed by atoms with Gasteiger partial charge in [-0.3, -0.25) is 9.78 Å². The molecule has 1 amide bonds. The molecule has 26 heavy (non-hydrogen) atoms. The predicted molar refractivity (Wildman–Crippen MR) is 108 cm³/mol. The summed E-state index contributed by atoms with van der Waals surface area (Å²) >= 11 is 1.57. The van der Waals surface area contributed by atoms with Gasteiger partial charge >= 0.3 is 0 Å². The van der Waals surface area contributed by atoms with Crippen molar-refractivity contribution in [1.29, 1.82) is 0 Å². The first-order chi connectivity index (χ1) is 12.7. The highest BCUT2D eigenvalue weighted by atomic mass is 32.1. The van der Waals surface area contributed by atoms with Crippen LogP contribution in [0, 0.1) is 6.92 Å². The van der Waals surface area contributed by atoms with Gasteiger partial charge in [-0.05, 0) is 30.7 Å². The second-order valence-corrected chi connectivity index (χ2v) is 6.87. The number of rotatable bonds is 4. The number of hydrogen-bond acceptors (Lipinski definition) is 4. The lowest BCUT2D eigenvalue weighted by Gasteiger charge is -2.14. The number of carbonyl (C=O) groups excluding carboxylic acids is 1. The van der Waals surface area contributed by atoms with Gasteiger partial charge in [0.15, 0.2) is 0 Å². The van der Waals surface area contributed by atoms with Crippen molar-refractivity contribution in [3.05, 3.63) is 83.5 Å². The summed E-state index contributed by atoms with van der Waals surface area (Å²) in [4.78, 5) is 17.0. The smallest absolute Gasteiger partial charge is 0.257 e. The van der Waals surface area contributed by atoms with Crippen molar-refractivity contribution in [2.45, 2.75) is 6.92 Å². The predicted octanol–water partition coefficient (Wildman–Crippen LogP) is 5.60. The van der Waals surface area contributed by atoms with E-state index in [1.54, 1.807) is 29.8 Å². The van der Waals surface area contributed by atoms with Crippen molar-refractivity contribution in [3.8, 4) is 0 Å². The Hall–Kier alpha value is -3.18. The number of pyridine rings is 1. The molecule has 0 fully saturated rings. The van der Waals surface area contributed by atoms with Crippen LogP contribution in [0.4, 0.5) is 17.1 Å². The summed E-state index contributed by atoms with van der Waals surface area (Å²) in [5.74, 6) is -0.124. The highest BCUT2D eigenvalue weighted by molar-refractivity contribution is 7.17. The molecule has 0 saturated carbocycles. The zero-order valence-electron chi connectivity index (χ0n) is 14.2. The number of aromatic nitrogens is 1. The fraction of sp³-hybridized carbons (Fsp3) is 0.0476. The van der Waals surface area contributed by atoms with E-state index in [0.29, 0.717) is 11.3 Å². The summed E-state index contributed by atoms with van der Waals surface area (Å²) < 4.78 is 1.10. The number of aryl methyl sites for hydroxylation is 1. The lowest BCUT2D eigenvalue weighted by atomic mass is 10.1. The highest BCUT2D eigenvalue weighted by Gasteiger charge is 2.14. The molecule has 2 aromatic carbocycles. The average molecular weight is 359 g/mol. The Morgan fingerprint density at radius 3 is 2.65 bits per heavy atom. The van der Waals surface area contributed by atoms with E-state index < -0.39 is 0 Å². The molecule has 2 heterocycles. The monoisotopic (exact) mass is 359 g/mol. The molecule has 2 aromatic heterocycles. The van der Waals surface area contributed by atoms with Gasteiger partial charge in [0, 0.05) is 27.4 Å². The maximum atomic E-state index is 12.8. The molecule has 0 spiro atoms. The third-order valence-corrected chi connectivity index (χ3v) is 5.17. The van der Waals surface area contributed by atoms with Crippen LogP contribution in [0.25, 0.3) is 10.1 Å². The molecule has 0 saturated heterocycles. The molecule has 4 rings (SSSR count). The summed E-state index contributed by atoms with van der Waals surface area (Å²) in [6.07, 6.45) is 3.39. The zero-order valence-corrected chi connectivity index (χ0v) is 15.0. The summed E-state index contributed by atoms with van der Waals surface area (Å²) in [6.45, 7) is 2.04. The Morgan fingerprint density at radius 2 is 1.77 bits per heavy atom. The average Bonchev–Trinajstić information content (AvgIpc) is 3.09. The largest absolute Gasteiger partial charge is 0.352 e. The van der Waals surface area contributed by atoms with E-state index in [1.807, 2.05) is 60.8 Å². The van der Waals surface area contributed by atoms with Crippen molar-refractivity contribution in [3.63, 3.8) is 0 Å². The first kappa shape index (κ1) is 16.3. The molecule has 0 unspecified atom stereocenters. The van der Waals surface area contributed by atoms with Gasteiger partial charge in [-0.25, -0.2) is 0 Å². The molecule has 5 heteroatoms. The molecule has 0 aliphatic heterocycles. The number of benzene rings is 2. The number of para-hydroxylation sites is 1. The van der Waals surface area contributed by atoms with E-state index in [4.69, 9.17) is 0 Å². The number of amides is 1. The van der Waals surface area contributed by atoms with Gasteiger partial charge in [-0.2, -0.15) is 0 Å². The normalized spacial score (nSPS) is 10.7. The van der Waals surface area contributed by atoms with Crippen LogP contribution < -0.4 is 10.6 Å². The van der Waals surface area contributed by atoms with Crippen molar-refractivity contribution < 1.29 is 4.79 Å². The second-order valence-electron chi connectivity index (χ2n) is 5.96. The number of fused-ring (bicyclic) bond motifs is 1. The Morgan fingerprint density at radius 1 is 0.962 bits per heavy atom. The fourth-order valence-corrected chi connectivity index (χ4v) is 3.75. The van der Waals surface area contributed by atoms with Gasteiger partial charge in [-0.1, -0.05) is 36.4 Å². The number of anilines is 3. The molecular formula is C21H17N3OS. The van der Waals surface area contributed by atoms with Crippen LogP contribution in [-0.2, 0) is 0 Å². The number of nitrogens with one attached hydrogen (secondary N) is 2. The minimum atomic E-state index is -0.124. The summed E-state index contributed by atoms with van der Waals surface area (Å²) in [5.41, 5.74) is 4.25. The lowest BCUT2D eigenvalue weighted by Crippen LogP contribution is -2.12. The molecule has 128 valence electrons. The van der Waals surface area contributed by atoms with E-state index in [1.165, 1.54) is 0 Å². The highest BCUT2D eigenvalue weighted by Crippen LogP contribution is 2.29. The third kappa shape index (κ3) is 3.17. The van der Waals surface area contributed by atoms with Gasteiger partial charge in [0.25, 0.3) is 5.91 Å². The Labute approximate surface area is 155 Å². The number of thiophene rings is 1. The second kappa shape index (κ2) is 6.98. The van der Waals surface area contributed by atoms with Gasteiger partial charge < -0.3 is 10.6 Å². The van der Waals surface area contributed by atoms with Crippen molar-refractivity contribution in [1.82, 2.24) is 4.98 Å². The summed E-state index contributed by atoms with van der Waals surface area (Å²) in [5, 5.41) is 9.23. The van der Waals surface area contributed by atoms with E-state index in [9.17, 15) is 4.79 Å². The lowest BCUT2D eigenvalue weighted by molar-refractivity contribution is 0.102. The van der Waals surface area contributed by atoms with Crippen LogP contribution in [-0.4, -0.2) is 10.9 Å². The minimum absolute atomic E-state index is 0.124. The standard InChI is InChI=1S/C21H17N3OS/c1-14-6-2-4-8-17(14)23-19-12-22-11-10-18(19)24-21(25)16-13-26-20-9-5-3-7-15(16)20/h2-13,23H,1H3,(H,22,24,25). The molecule has 4 nitrogen and oxygen atoms in total. The molecular weight excluding hydrogens is 342 g/mol. The summed E-state index contributed by atoms with van der Waals surface area (Å²) in [7, 11) is 0. The van der Waals surface area contributed by atoms with Crippen molar-refractivity contribution >= 4 is 44.4 Å². The Bertz CT molecular complexity index is 1090. The van der Waals surface area contributed by atoms with Crippen LogP contribution in [0.5, 0.6) is 0 Å². The van der Waals surface area contributed by atoms with Crippen LogP contribution in [0.2, 0.25) is 0 Å². The molecule has 2 N–H and O–H groups in total. The molecule has 0 aliphatic rings. The van der Waals surface area contributed by atoms with Crippen LogP contribution in [0.1, 0.15) is 15.9 Å². The maximum absolute atomic E-state index is 12.8. The van der Waals surface area contributed by atoms with E-state index in [2.05, 4.69) is 15.6 Å². The van der Waals surface area contributed by atoms with Crippen LogP contribution >= 0.6 is 11.3 Å². The molecule has 0 atom stereocenters. The summed E-state index contributed by atoms with van der Waals surface area (Å²) in [6, 6.07) is 17.7. The van der Waals surface area contributed by atoms with E-state index in [-0.39, 0.29) is 5.91 Å². The maximum Gasteiger partial charge on any atom is 0.257 e. The van der Waals surface area contributed by atoms with E-state index in [0.717, 1.165) is 27.0 Å². The SMILES string of the molecule is Cc1ccccc1Nc1cnccc1NC(=O)c1csc2ccccc12. The fourth-order valence-electron chi connectivity index (χ4n) is 2.80. The molecule has 0 bridgehead atoms. The van der Waals surface area contributed by atoms with Gasteiger partial charge in [0.05, 0.1) is 23.1 Å². The van der Waals surface area contributed by atoms with Crippen LogP contribution in [0.15, 0.2) is 72.4 Å². The van der Waals surface area contributed by atoms with Gasteiger partial charge in [-0.15, -0.1) is 11.3 Å². The Balaban J connectivity index is 1.63. The first-order valence-electron chi connectivity index (χ1n) is 8.26. The van der Waals surface area contributed by atoms with Crippen molar-refractivity contribution in [2.24, 2.45) is 0 Å². The molecule has 0 aliphatic carbocycles. The molecule has 4 aromatic rings. The zero-order chi connectivity index (χ0) is 17.9. The topological polar surface area (TPSA) is 54.0 Å². The van der Waals surface area contributed by atoms with Gasteiger partial charge in [0.2, 0.25) is 0 Å². The van der Waals surface area contributed by atoms with E-state index >= 15 is 0 Å².